The molecule has 7 heteroatoms. The van der Waals surface area contributed by atoms with Crippen LogP contribution in [-0.2, 0) is 6.42 Å². The van der Waals surface area contributed by atoms with E-state index < -0.39 is 0 Å². The Balaban J connectivity index is 1.55. The molecule has 4 rings (SSSR count). The van der Waals surface area contributed by atoms with Gasteiger partial charge in [0.1, 0.15) is 17.4 Å². The lowest BCUT2D eigenvalue weighted by atomic mass is 10.1. The number of hydrogen-bond donors (Lipinski definition) is 1. The molecular formula is C18H14N4O3. The normalized spacial score (nSPS) is 11.0. The molecule has 0 amide bonds. The molecular weight excluding hydrogens is 320 g/mol. The molecule has 0 saturated carbocycles. The van der Waals surface area contributed by atoms with Gasteiger partial charge in [0.25, 0.3) is 5.69 Å². The molecule has 0 aliphatic heterocycles. The largest absolute Gasteiger partial charge is 0.450 e. The van der Waals surface area contributed by atoms with Gasteiger partial charge >= 0.3 is 0 Å². The predicted octanol–water partition coefficient (Wildman–Crippen LogP) is 3.94. The Kier molecular flexibility index (Phi) is 3.74. The maximum absolute atomic E-state index is 10.8. The number of nitro groups is 1. The first kappa shape index (κ1) is 15.1. The number of hydrogen-bond acceptors (Lipinski definition) is 6. The minimum absolute atomic E-state index is 0.0965. The third-order valence-corrected chi connectivity index (χ3v) is 3.99. The number of para-hydroxylation sites is 1. The van der Waals surface area contributed by atoms with E-state index in [0.717, 1.165) is 22.0 Å². The van der Waals surface area contributed by atoms with Crippen LogP contribution in [0.3, 0.4) is 0 Å². The average molecular weight is 334 g/mol. The monoisotopic (exact) mass is 334 g/mol. The predicted molar refractivity (Wildman–Crippen MR) is 94.6 cm³/mol. The van der Waals surface area contributed by atoms with Crippen molar-refractivity contribution in [2.45, 2.75) is 6.42 Å². The number of anilines is 1. The minimum Gasteiger partial charge on any atom is -0.450 e. The van der Waals surface area contributed by atoms with E-state index in [-0.39, 0.29) is 10.6 Å². The summed E-state index contributed by atoms with van der Waals surface area (Å²) in [5.41, 5.74) is 3.13. The maximum Gasteiger partial charge on any atom is 0.269 e. The zero-order valence-corrected chi connectivity index (χ0v) is 13.2. The number of non-ortho nitro benzene ring substituents is 1. The molecule has 1 N–H and O–H groups in total. The minimum atomic E-state index is -0.390. The smallest absolute Gasteiger partial charge is 0.269 e. The summed E-state index contributed by atoms with van der Waals surface area (Å²) in [6.45, 7) is 0.574. The van der Waals surface area contributed by atoms with Crippen molar-refractivity contribution in [3.8, 4) is 0 Å². The van der Waals surface area contributed by atoms with E-state index in [1.807, 2.05) is 30.3 Å². The Bertz CT molecular complexity index is 1070. The molecule has 0 fully saturated rings. The zero-order chi connectivity index (χ0) is 17.2. The molecule has 0 bridgehead atoms. The summed E-state index contributed by atoms with van der Waals surface area (Å²) in [4.78, 5) is 19.0. The van der Waals surface area contributed by atoms with Gasteiger partial charge in [0.2, 0.25) is 0 Å². The molecule has 0 saturated heterocycles. The van der Waals surface area contributed by atoms with Crippen LogP contribution in [0, 0.1) is 10.1 Å². The molecule has 0 aliphatic rings. The Hall–Kier alpha value is -3.48. The van der Waals surface area contributed by atoms with Gasteiger partial charge in [-0.3, -0.25) is 10.1 Å². The van der Waals surface area contributed by atoms with Gasteiger partial charge < -0.3 is 9.73 Å². The number of nitrogens with zero attached hydrogens (tertiary/aromatic N) is 3. The van der Waals surface area contributed by atoms with E-state index in [9.17, 15) is 10.1 Å². The van der Waals surface area contributed by atoms with Gasteiger partial charge in [-0.05, 0) is 24.1 Å². The van der Waals surface area contributed by atoms with Crippen LogP contribution in [0.15, 0.2) is 59.3 Å². The van der Waals surface area contributed by atoms with Gasteiger partial charge in [0.15, 0.2) is 11.4 Å². The topological polar surface area (TPSA) is 94.1 Å². The number of nitrogens with one attached hydrogen (secondary N) is 1. The second-order valence-electron chi connectivity index (χ2n) is 5.60. The summed E-state index contributed by atoms with van der Waals surface area (Å²) in [5, 5.41) is 15.0. The van der Waals surface area contributed by atoms with Crippen LogP contribution in [0.25, 0.3) is 22.1 Å². The molecule has 2 heterocycles. The number of rotatable bonds is 5. The molecule has 2 aromatic carbocycles. The summed E-state index contributed by atoms with van der Waals surface area (Å²) >= 11 is 0. The summed E-state index contributed by atoms with van der Waals surface area (Å²) in [6.07, 6.45) is 2.13. The summed E-state index contributed by atoms with van der Waals surface area (Å²) in [7, 11) is 0. The third-order valence-electron chi connectivity index (χ3n) is 3.99. The molecule has 0 unspecified atom stereocenters. The van der Waals surface area contributed by atoms with Crippen LogP contribution in [0.2, 0.25) is 0 Å². The number of furan rings is 1. The number of benzene rings is 2. The lowest BCUT2D eigenvalue weighted by Gasteiger charge is -2.05. The van der Waals surface area contributed by atoms with Crippen molar-refractivity contribution < 1.29 is 9.34 Å². The Labute approximate surface area is 142 Å². The molecule has 0 radical (unpaired) electrons. The highest BCUT2D eigenvalue weighted by atomic mass is 16.6. The van der Waals surface area contributed by atoms with E-state index in [0.29, 0.717) is 24.4 Å². The van der Waals surface area contributed by atoms with Crippen molar-refractivity contribution in [1.29, 1.82) is 0 Å². The number of aromatic nitrogens is 2. The van der Waals surface area contributed by atoms with Gasteiger partial charge in [-0.2, -0.15) is 0 Å². The van der Waals surface area contributed by atoms with Crippen molar-refractivity contribution in [3.63, 3.8) is 0 Å². The second kappa shape index (κ2) is 6.20. The van der Waals surface area contributed by atoms with Crippen molar-refractivity contribution in [2.75, 3.05) is 11.9 Å². The first-order chi connectivity index (χ1) is 12.2. The lowest BCUT2D eigenvalue weighted by molar-refractivity contribution is -0.384. The fraction of sp³-hybridized carbons (Fsp3) is 0.111. The Morgan fingerprint density at radius 3 is 2.88 bits per heavy atom. The van der Waals surface area contributed by atoms with E-state index in [1.54, 1.807) is 12.1 Å². The van der Waals surface area contributed by atoms with E-state index in [2.05, 4.69) is 15.3 Å². The maximum atomic E-state index is 10.8. The van der Waals surface area contributed by atoms with Crippen molar-refractivity contribution >= 4 is 33.6 Å². The fourth-order valence-corrected chi connectivity index (χ4v) is 2.80. The van der Waals surface area contributed by atoms with Crippen LogP contribution in [0.5, 0.6) is 0 Å². The molecule has 25 heavy (non-hydrogen) atoms. The van der Waals surface area contributed by atoms with Gasteiger partial charge in [-0.1, -0.05) is 24.3 Å². The number of nitro benzene ring substituents is 1. The van der Waals surface area contributed by atoms with Gasteiger partial charge in [-0.15, -0.1) is 0 Å². The number of fused-ring (bicyclic) bond motifs is 3. The van der Waals surface area contributed by atoms with Crippen LogP contribution in [0.1, 0.15) is 5.56 Å². The highest BCUT2D eigenvalue weighted by Crippen LogP contribution is 2.30. The van der Waals surface area contributed by atoms with Crippen molar-refractivity contribution in [3.05, 3.63) is 70.5 Å². The summed E-state index contributed by atoms with van der Waals surface area (Å²) in [5.74, 6) is 0.617. The second-order valence-corrected chi connectivity index (χ2v) is 5.60. The molecule has 0 aliphatic carbocycles. The summed E-state index contributed by atoms with van der Waals surface area (Å²) in [6, 6.07) is 14.3. The lowest BCUT2D eigenvalue weighted by Crippen LogP contribution is -2.07. The van der Waals surface area contributed by atoms with Gasteiger partial charge in [0, 0.05) is 24.1 Å². The first-order valence-corrected chi connectivity index (χ1v) is 7.82. The van der Waals surface area contributed by atoms with Crippen molar-refractivity contribution in [1.82, 2.24) is 9.97 Å². The van der Waals surface area contributed by atoms with Crippen LogP contribution >= 0.6 is 0 Å². The molecule has 4 aromatic rings. The van der Waals surface area contributed by atoms with Gasteiger partial charge in [0.05, 0.1) is 4.92 Å². The average Bonchev–Trinajstić information content (AvgIpc) is 3.02. The van der Waals surface area contributed by atoms with Crippen molar-refractivity contribution in [2.24, 2.45) is 0 Å². The highest BCUT2D eigenvalue weighted by Gasteiger charge is 2.12. The molecule has 0 atom stereocenters. The van der Waals surface area contributed by atoms with Crippen LogP contribution in [-0.4, -0.2) is 21.4 Å². The zero-order valence-electron chi connectivity index (χ0n) is 13.2. The fourth-order valence-electron chi connectivity index (χ4n) is 2.80. The quantitative estimate of drug-likeness (QED) is 0.439. The third kappa shape index (κ3) is 2.87. The summed E-state index contributed by atoms with van der Waals surface area (Å²) < 4.78 is 5.86. The first-order valence-electron chi connectivity index (χ1n) is 7.82. The van der Waals surface area contributed by atoms with E-state index in [1.165, 1.54) is 12.4 Å². The molecule has 2 aromatic heterocycles. The highest BCUT2D eigenvalue weighted by molar-refractivity contribution is 6.05. The van der Waals surface area contributed by atoms with E-state index in [4.69, 9.17) is 4.42 Å². The Morgan fingerprint density at radius 1 is 1.12 bits per heavy atom. The SMILES string of the molecule is O=[N+]([O-])c1cccc(CCNc2ncnc3c2oc2ccccc23)c1. The molecule has 124 valence electrons. The van der Waals surface area contributed by atoms with Gasteiger partial charge in [-0.25, -0.2) is 9.97 Å². The van der Waals surface area contributed by atoms with Crippen LogP contribution < -0.4 is 5.32 Å². The molecule has 0 spiro atoms. The van der Waals surface area contributed by atoms with Crippen LogP contribution in [0.4, 0.5) is 11.5 Å². The standard InChI is InChI=1S/C18H14N4O3/c23-22(24)13-5-3-4-12(10-13)8-9-19-18-17-16(20-11-21-18)14-6-1-2-7-15(14)25-17/h1-7,10-11H,8-9H2,(H,19,20,21). The van der Waals surface area contributed by atoms with E-state index >= 15 is 0 Å². The Morgan fingerprint density at radius 2 is 2.00 bits per heavy atom. The molecule has 7 nitrogen and oxygen atoms in total.